The highest BCUT2D eigenvalue weighted by molar-refractivity contribution is 14.1. The van der Waals surface area contributed by atoms with Gasteiger partial charge in [0.05, 0.1) is 0 Å². The van der Waals surface area contributed by atoms with E-state index >= 15 is 0 Å². The number of hydrogen-bond acceptors (Lipinski definition) is 0. The highest BCUT2D eigenvalue weighted by atomic mass is 127. The van der Waals surface area contributed by atoms with Gasteiger partial charge < -0.3 is 0 Å². The second kappa shape index (κ2) is 3.13. The molecule has 0 saturated heterocycles. The van der Waals surface area contributed by atoms with Crippen LogP contribution in [-0.2, 0) is 6.42 Å². The monoisotopic (exact) mass is 258 g/mol. The van der Waals surface area contributed by atoms with E-state index in [1.807, 2.05) is 0 Å². The summed E-state index contributed by atoms with van der Waals surface area (Å²) in [5.41, 5.74) is 1.54. The van der Waals surface area contributed by atoms with E-state index < -0.39 is 0 Å². The van der Waals surface area contributed by atoms with Crippen molar-refractivity contribution in [1.29, 1.82) is 0 Å². The highest BCUT2D eigenvalue weighted by Crippen LogP contribution is 2.33. The second-order valence-corrected chi connectivity index (χ2v) is 4.40. The lowest BCUT2D eigenvalue weighted by molar-refractivity contribution is 0.828. The quantitative estimate of drug-likeness (QED) is 0.714. The van der Waals surface area contributed by atoms with Crippen molar-refractivity contribution in [2.75, 3.05) is 0 Å². The van der Waals surface area contributed by atoms with E-state index in [-0.39, 0.29) is 0 Å². The maximum absolute atomic E-state index is 2.42. The lowest BCUT2D eigenvalue weighted by Crippen LogP contribution is -1.89. The minimum atomic E-state index is 1.01. The summed E-state index contributed by atoms with van der Waals surface area (Å²) in [7, 11) is 0. The second-order valence-electron chi connectivity index (χ2n) is 3.24. The molecule has 0 atom stereocenters. The van der Waals surface area contributed by atoms with Gasteiger partial charge in [-0.15, -0.1) is 0 Å². The molecule has 0 heterocycles. The summed E-state index contributed by atoms with van der Waals surface area (Å²) in [6, 6.07) is 8.69. The maximum atomic E-state index is 2.42. The lowest BCUT2D eigenvalue weighted by atomic mass is 10.1. The predicted molar refractivity (Wildman–Crippen MR) is 55.6 cm³/mol. The lowest BCUT2D eigenvalue weighted by Gasteiger charge is -2.00. The summed E-state index contributed by atoms with van der Waals surface area (Å²) in [5, 5.41) is 0. The van der Waals surface area contributed by atoms with Crippen molar-refractivity contribution in [1.82, 2.24) is 0 Å². The Labute approximate surface area is 81.1 Å². The summed E-state index contributed by atoms with van der Waals surface area (Å²) in [6.07, 6.45) is 4.20. The van der Waals surface area contributed by atoms with Crippen molar-refractivity contribution < 1.29 is 0 Å². The van der Waals surface area contributed by atoms with Crippen LogP contribution in [0.2, 0.25) is 0 Å². The zero-order chi connectivity index (χ0) is 7.68. The molecule has 1 heteroatoms. The molecule has 11 heavy (non-hydrogen) atoms. The zero-order valence-corrected chi connectivity index (χ0v) is 8.54. The molecule has 0 radical (unpaired) electrons. The van der Waals surface area contributed by atoms with Crippen molar-refractivity contribution >= 4 is 22.6 Å². The molecule has 0 aromatic heterocycles. The molecule has 0 nitrogen and oxygen atoms in total. The first-order chi connectivity index (χ1) is 5.36. The fourth-order valence-electron chi connectivity index (χ4n) is 1.30. The summed E-state index contributed by atoms with van der Waals surface area (Å²) in [5.74, 6) is 1.01. The van der Waals surface area contributed by atoms with Crippen LogP contribution < -0.4 is 0 Å². The molecule has 0 amide bonds. The van der Waals surface area contributed by atoms with Gasteiger partial charge in [0.1, 0.15) is 0 Å². The van der Waals surface area contributed by atoms with Crippen molar-refractivity contribution in [3.63, 3.8) is 0 Å². The van der Waals surface area contributed by atoms with Crippen LogP contribution in [0.3, 0.4) is 0 Å². The third-order valence-corrected chi connectivity index (χ3v) is 3.22. The average Bonchev–Trinajstić information content (AvgIpc) is 2.78. The van der Waals surface area contributed by atoms with Gasteiger partial charge in [0.25, 0.3) is 0 Å². The standard InChI is InChI=1S/C10H11I/c11-10-4-2-1-3-9(10)7-8-5-6-8/h1-4,8H,5-7H2. The van der Waals surface area contributed by atoms with Crippen LogP contribution in [-0.4, -0.2) is 0 Å². The van der Waals surface area contributed by atoms with Gasteiger partial charge in [-0.3, -0.25) is 0 Å². The van der Waals surface area contributed by atoms with Crippen molar-refractivity contribution in [2.24, 2.45) is 5.92 Å². The van der Waals surface area contributed by atoms with Gasteiger partial charge in [0.15, 0.2) is 0 Å². The zero-order valence-electron chi connectivity index (χ0n) is 6.39. The molecule has 0 bridgehead atoms. The maximum Gasteiger partial charge on any atom is 0.0162 e. The Morgan fingerprint density at radius 3 is 2.64 bits per heavy atom. The Morgan fingerprint density at radius 1 is 1.27 bits per heavy atom. The van der Waals surface area contributed by atoms with Crippen LogP contribution >= 0.6 is 22.6 Å². The molecule has 58 valence electrons. The molecule has 1 aromatic rings. The molecule has 0 aliphatic heterocycles. The number of rotatable bonds is 2. The van der Waals surface area contributed by atoms with E-state index in [1.165, 1.54) is 28.4 Å². The van der Waals surface area contributed by atoms with Gasteiger partial charge in [0, 0.05) is 3.57 Å². The fraction of sp³-hybridized carbons (Fsp3) is 0.400. The Morgan fingerprint density at radius 2 is 2.00 bits per heavy atom. The largest absolute Gasteiger partial charge is 0.0619 e. The minimum Gasteiger partial charge on any atom is -0.0619 e. The number of hydrogen-bond donors (Lipinski definition) is 0. The molecule has 0 unspecified atom stereocenters. The Hall–Kier alpha value is -0.0500. The first-order valence-electron chi connectivity index (χ1n) is 4.09. The van der Waals surface area contributed by atoms with Crippen LogP contribution in [0.5, 0.6) is 0 Å². The molecule has 1 aliphatic carbocycles. The first kappa shape index (κ1) is 7.59. The molecule has 1 aliphatic rings. The van der Waals surface area contributed by atoms with E-state index in [1.54, 1.807) is 0 Å². The van der Waals surface area contributed by atoms with Gasteiger partial charge in [-0.2, -0.15) is 0 Å². The normalized spacial score (nSPS) is 16.8. The third kappa shape index (κ3) is 1.95. The summed E-state index contributed by atoms with van der Waals surface area (Å²) >= 11 is 2.42. The number of halogens is 1. The highest BCUT2D eigenvalue weighted by Gasteiger charge is 2.21. The Kier molecular flexibility index (Phi) is 2.16. The SMILES string of the molecule is Ic1ccccc1CC1CC1. The van der Waals surface area contributed by atoms with Crippen LogP contribution in [0.4, 0.5) is 0 Å². The first-order valence-corrected chi connectivity index (χ1v) is 5.17. The van der Waals surface area contributed by atoms with Crippen LogP contribution in [0, 0.1) is 9.49 Å². The number of benzene rings is 1. The van der Waals surface area contributed by atoms with E-state index in [2.05, 4.69) is 46.9 Å². The van der Waals surface area contributed by atoms with Gasteiger partial charge in [-0.05, 0) is 59.4 Å². The molecule has 0 spiro atoms. The Balaban J connectivity index is 2.15. The third-order valence-electron chi connectivity index (χ3n) is 2.16. The minimum absolute atomic E-state index is 1.01. The van der Waals surface area contributed by atoms with E-state index in [0.29, 0.717) is 0 Å². The molecule has 1 fully saturated rings. The summed E-state index contributed by atoms with van der Waals surface area (Å²) in [4.78, 5) is 0. The van der Waals surface area contributed by atoms with Crippen molar-refractivity contribution in [3.05, 3.63) is 33.4 Å². The average molecular weight is 258 g/mol. The predicted octanol–water partition coefficient (Wildman–Crippen LogP) is 3.24. The Bertz CT molecular complexity index is 251. The molecular formula is C10H11I. The van der Waals surface area contributed by atoms with E-state index in [0.717, 1.165) is 5.92 Å². The fourth-order valence-corrected chi connectivity index (χ4v) is 1.90. The van der Waals surface area contributed by atoms with Gasteiger partial charge in [-0.25, -0.2) is 0 Å². The summed E-state index contributed by atoms with van der Waals surface area (Å²) in [6.45, 7) is 0. The van der Waals surface area contributed by atoms with Crippen LogP contribution in [0.1, 0.15) is 18.4 Å². The van der Waals surface area contributed by atoms with Crippen LogP contribution in [0.15, 0.2) is 24.3 Å². The van der Waals surface area contributed by atoms with E-state index in [4.69, 9.17) is 0 Å². The molecular weight excluding hydrogens is 247 g/mol. The molecule has 2 rings (SSSR count). The van der Waals surface area contributed by atoms with Gasteiger partial charge >= 0.3 is 0 Å². The van der Waals surface area contributed by atoms with E-state index in [9.17, 15) is 0 Å². The van der Waals surface area contributed by atoms with Crippen LogP contribution in [0.25, 0.3) is 0 Å². The summed E-state index contributed by atoms with van der Waals surface area (Å²) < 4.78 is 1.43. The van der Waals surface area contributed by atoms with Gasteiger partial charge in [0.2, 0.25) is 0 Å². The van der Waals surface area contributed by atoms with Crippen molar-refractivity contribution in [3.8, 4) is 0 Å². The topological polar surface area (TPSA) is 0 Å². The smallest absolute Gasteiger partial charge is 0.0162 e. The molecule has 1 saturated carbocycles. The van der Waals surface area contributed by atoms with Crippen molar-refractivity contribution in [2.45, 2.75) is 19.3 Å². The molecule has 0 N–H and O–H groups in total. The van der Waals surface area contributed by atoms with Gasteiger partial charge in [-0.1, -0.05) is 18.2 Å². The molecule has 1 aromatic carbocycles.